The third-order valence-corrected chi connectivity index (χ3v) is 7.53. The van der Waals surface area contributed by atoms with Gasteiger partial charge >= 0.3 is 0 Å². The summed E-state index contributed by atoms with van der Waals surface area (Å²) in [6.07, 6.45) is 1.62. The zero-order chi connectivity index (χ0) is 25.8. The van der Waals surface area contributed by atoms with Gasteiger partial charge in [0.1, 0.15) is 0 Å². The minimum Gasteiger partial charge on any atom is -0.381 e. The van der Waals surface area contributed by atoms with Gasteiger partial charge in [-0.3, -0.25) is 14.5 Å². The standard InChI is InChI=1S/C28H33ClN4O3/c1-18-4-5-22(12-23(18)15-30)27(34)31-26-14-25(29)13-24(20(26)3)17-32-8-9-33(19(2)16-32)28(35)21-6-10-36-11-7-21/h4-5,12-14,19,21H,6-11,16-17H2,1-3H3,(H,31,34)/t19-/m0/s1. The van der Waals surface area contributed by atoms with E-state index in [-0.39, 0.29) is 23.8 Å². The predicted molar refractivity (Wildman–Crippen MR) is 140 cm³/mol. The van der Waals surface area contributed by atoms with Crippen molar-refractivity contribution in [1.82, 2.24) is 9.80 Å². The van der Waals surface area contributed by atoms with Gasteiger partial charge in [-0.15, -0.1) is 0 Å². The summed E-state index contributed by atoms with van der Waals surface area (Å²) < 4.78 is 5.41. The molecule has 2 saturated heterocycles. The first-order chi connectivity index (χ1) is 17.3. The Morgan fingerprint density at radius 2 is 1.92 bits per heavy atom. The highest BCUT2D eigenvalue weighted by molar-refractivity contribution is 6.31. The largest absolute Gasteiger partial charge is 0.381 e. The Morgan fingerprint density at radius 1 is 1.17 bits per heavy atom. The summed E-state index contributed by atoms with van der Waals surface area (Å²) in [7, 11) is 0. The average molecular weight is 509 g/mol. The highest BCUT2D eigenvalue weighted by Crippen LogP contribution is 2.28. The fraction of sp³-hybridized carbons (Fsp3) is 0.464. The van der Waals surface area contributed by atoms with Gasteiger partial charge in [-0.05, 0) is 74.6 Å². The van der Waals surface area contributed by atoms with Gasteiger partial charge in [0, 0.05) is 67.6 Å². The smallest absolute Gasteiger partial charge is 0.255 e. The van der Waals surface area contributed by atoms with Gasteiger partial charge in [-0.1, -0.05) is 17.7 Å². The van der Waals surface area contributed by atoms with Crippen molar-refractivity contribution in [3.8, 4) is 6.07 Å². The number of nitriles is 1. The number of nitrogens with one attached hydrogen (secondary N) is 1. The summed E-state index contributed by atoms with van der Waals surface area (Å²) in [5, 5.41) is 12.8. The van der Waals surface area contributed by atoms with Crippen LogP contribution in [0.25, 0.3) is 0 Å². The zero-order valence-corrected chi connectivity index (χ0v) is 21.9. The Labute approximate surface area is 218 Å². The molecule has 0 aliphatic carbocycles. The van der Waals surface area contributed by atoms with Gasteiger partial charge in [-0.2, -0.15) is 5.26 Å². The van der Waals surface area contributed by atoms with Gasteiger partial charge in [0.05, 0.1) is 11.6 Å². The minimum absolute atomic E-state index is 0.0758. The maximum absolute atomic E-state index is 13.0. The Morgan fingerprint density at radius 3 is 2.61 bits per heavy atom. The van der Waals surface area contributed by atoms with Crippen molar-refractivity contribution in [2.75, 3.05) is 38.2 Å². The van der Waals surface area contributed by atoms with E-state index in [4.69, 9.17) is 16.3 Å². The van der Waals surface area contributed by atoms with Crippen LogP contribution in [0.5, 0.6) is 0 Å². The number of carbonyl (C=O) groups excluding carboxylic acids is 2. The first kappa shape index (κ1) is 26.2. The molecule has 1 N–H and O–H groups in total. The first-order valence-electron chi connectivity index (χ1n) is 12.5. The fourth-order valence-corrected chi connectivity index (χ4v) is 5.27. The van der Waals surface area contributed by atoms with E-state index in [9.17, 15) is 14.9 Å². The molecule has 0 spiro atoms. The third kappa shape index (κ3) is 5.89. The number of rotatable bonds is 5. The lowest BCUT2D eigenvalue weighted by Gasteiger charge is -2.42. The molecular weight excluding hydrogens is 476 g/mol. The van der Waals surface area contributed by atoms with Crippen LogP contribution in [0, 0.1) is 31.1 Å². The molecule has 8 heteroatoms. The molecule has 0 aromatic heterocycles. The van der Waals surface area contributed by atoms with Crippen LogP contribution in [0.3, 0.4) is 0 Å². The molecule has 0 bridgehead atoms. The SMILES string of the molecule is Cc1ccc(C(=O)Nc2cc(Cl)cc(CN3CCN(C(=O)C4CCOCC4)[C@@H](C)C3)c2C)cc1C#N. The maximum Gasteiger partial charge on any atom is 0.255 e. The molecule has 2 aromatic carbocycles. The number of piperazine rings is 1. The van der Waals surface area contributed by atoms with Gasteiger partial charge in [0.25, 0.3) is 5.91 Å². The summed E-state index contributed by atoms with van der Waals surface area (Å²) in [5.41, 5.74) is 4.39. The number of aryl methyl sites for hydroxylation is 1. The van der Waals surface area contributed by atoms with Crippen LogP contribution in [-0.4, -0.2) is 60.5 Å². The summed E-state index contributed by atoms with van der Waals surface area (Å²) in [6, 6.07) is 11.0. The Kier molecular flexibility index (Phi) is 8.30. The quantitative estimate of drug-likeness (QED) is 0.640. The zero-order valence-electron chi connectivity index (χ0n) is 21.1. The molecule has 2 aliphatic rings. The summed E-state index contributed by atoms with van der Waals surface area (Å²) in [5.74, 6) is 0.0496. The molecular formula is C28H33ClN4O3. The number of hydrogen-bond acceptors (Lipinski definition) is 5. The topological polar surface area (TPSA) is 85.7 Å². The molecule has 0 radical (unpaired) electrons. The van der Waals surface area contributed by atoms with Crippen molar-refractivity contribution >= 4 is 29.1 Å². The lowest BCUT2D eigenvalue weighted by atomic mass is 9.97. The van der Waals surface area contributed by atoms with Crippen molar-refractivity contribution in [1.29, 1.82) is 5.26 Å². The number of amides is 2. The molecule has 0 saturated carbocycles. The summed E-state index contributed by atoms with van der Waals surface area (Å²) in [4.78, 5) is 30.3. The van der Waals surface area contributed by atoms with Crippen molar-refractivity contribution in [2.24, 2.45) is 5.92 Å². The van der Waals surface area contributed by atoms with Gasteiger partial charge in [0.15, 0.2) is 0 Å². The van der Waals surface area contributed by atoms with Crippen LogP contribution in [-0.2, 0) is 16.1 Å². The lowest BCUT2D eigenvalue weighted by Crippen LogP contribution is -2.55. The van der Waals surface area contributed by atoms with Gasteiger partial charge in [0.2, 0.25) is 5.91 Å². The second kappa shape index (κ2) is 11.4. The molecule has 190 valence electrons. The highest BCUT2D eigenvalue weighted by Gasteiger charge is 2.32. The van der Waals surface area contributed by atoms with Crippen molar-refractivity contribution in [3.05, 3.63) is 63.2 Å². The second-order valence-electron chi connectivity index (χ2n) is 9.84. The monoisotopic (exact) mass is 508 g/mol. The number of ether oxygens (including phenoxy) is 1. The van der Waals surface area contributed by atoms with E-state index in [1.807, 2.05) is 24.8 Å². The van der Waals surface area contributed by atoms with E-state index in [2.05, 4.69) is 23.2 Å². The van der Waals surface area contributed by atoms with Crippen LogP contribution < -0.4 is 5.32 Å². The highest BCUT2D eigenvalue weighted by atomic mass is 35.5. The number of benzene rings is 2. The van der Waals surface area contributed by atoms with Crippen molar-refractivity contribution in [2.45, 2.75) is 46.2 Å². The third-order valence-electron chi connectivity index (χ3n) is 7.31. The van der Waals surface area contributed by atoms with E-state index in [0.717, 1.165) is 42.6 Å². The molecule has 2 amide bonds. The van der Waals surface area contributed by atoms with E-state index in [1.165, 1.54) is 0 Å². The molecule has 2 aliphatic heterocycles. The Balaban J connectivity index is 1.43. The van der Waals surface area contributed by atoms with Gasteiger partial charge < -0.3 is 15.0 Å². The van der Waals surface area contributed by atoms with Crippen LogP contribution in [0.2, 0.25) is 5.02 Å². The number of halogens is 1. The molecule has 4 rings (SSSR count). The maximum atomic E-state index is 13.0. The minimum atomic E-state index is -0.281. The van der Waals surface area contributed by atoms with E-state index in [0.29, 0.717) is 48.1 Å². The Bertz CT molecular complexity index is 1190. The average Bonchev–Trinajstić information content (AvgIpc) is 2.87. The fourth-order valence-electron chi connectivity index (χ4n) is 5.03. The molecule has 2 aromatic rings. The van der Waals surface area contributed by atoms with E-state index < -0.39 is 0 Å². The van der Waals surface area contributed by atoms with Crippen LogP contribution in [0.15, 0.2) is 30.3 Å². The first-order valence-corrected chi connectivity index (χ1v) is 12.9. The Hall–Kier alpha value is -2.92. The van der Waals surface area contributed by atoms with Crippen LogP contribution in [0.4, 0.5) is 5.69 Å². The van der Waals surface area contributed by atoms with E-state index >= 15 is 0 Å². The second-order valence-corrected chi connectivity index (χ2v) is 10.3. The molecule has 1 atom stereocenters. The number of hydrogen-bond donors (Lipinski definition) is 1. The lowest BCUT2D eigenvalue weighted by molar-refractivity contribution is -0.143. The molecule has 2 heterocycles. The van der Waals surface area contributed by atoms with Crippen molar-refractivity contribution < 1.29 is 14.3 Å². The number of anilines is 1. The molecule has 0 unspecified atom stereocenters. The van der Waals surface area contributed by atoms with E-state index in [1.54, 1.807) is 24.3 Å². The summed E-state index contributed by atoms with van der Waals surface area (Å²) in [6.45, 7) is 10.2. The molecule has 7 nitrogen and oxygen atoms in total. The molecule has 2 fully saturated rings. The summed E-state index contributed by atoms with van der Waals surface area (Å²) >= 11 is 6.44. The predicted octanol–water partition coefficient (Wildman–Crippen LogP) is 4.54. The van der Waals surface area contributed by atoms with Crippen LogP contribution in [0.1, 0.15) is 52.4 Å². The number of carbonyl (C=O) groups is 2. The molecule has 36 heavy (non-hydrogen) atoms. The normalized spacial score (nSPS) is 19.1. The van der Waals surface area contributed by atoms with Crippen LogP contribution >= 0.6 is 11.6 Å². The van der Waals surface area contributed by atoms with Gasteiger partial charge in [-0.25, -0.2) is 0 Å². The number of nitrogens with zero attached hydrogens (tertiary/aromatic N) is 3. The van der Waals surface area contributed by atoms with Crippen molar-refractivity contribution in [3.63, 3.8) is 0 Å².